The highest BCUT2D eigenvalue weighted by molar-refractivity contribution is 6.05. The lowest BCUT2D eigenvalue weighted by Crippen LogP contribution is -2.12. The van der Waals surface area contributed by atoms with Gasteiger partial charge in [-0.15, -0.1) is 0 Å². The van der Waals surface area contributed by atoms with Gasteiger partial charge in [-0.25, -0.2) is 4.39 Å². The number of benzene rings is 2. The number of nitrogens with one attached hydrogen (secondary N) is 2. The topological polar surface area (TPSA) is 71.1 Å². The minimum atomic E-state index is -0.398. The molecule has 1 aromatic heterocycles. The fraction of sp³-hybridized carbons (Fsp3) is 0. The number of carbonyl (C=O) groups is 2. The molecule has 0 aliphatic carbocycles. The van der Waals surface area contributed by atoms with E-state index in [-0.39, 0.29) is 11.8 Å². The number of anilines is 2. The van der Waals surface area contributed by atoms with Gasteiger partial charge in [-0.1, -0.05) is 0 Å². The monoisotopic (exact) mass is 361 g/mol. The minimum Gasteiger partial charge on any atom is -0.323 e. The van der Waals surface area contributed by atoms with Gasteiger partial charge in [-0.3, -0.25) is 14.6 Å². The van der Waals surface area contributed by atoms with Crippen molar-refractivity contribution < 1.29 is 14.0 Å². The molecule has 2 amide bonds. The van der Waals surface area contributed by atoms with Crippen LogP contribution in [0.3, 0.4) is 0 Å². The Kier molecular flexibility index (Phi) is 5.69. The van der Waals surface area contributed by atoms with E-state index < -0.39 is 5.82 Å². The second-order valence-electron chi connectivity index (χ2n) is 5.64. The van der Waals surface area contributed by atoms with Crippen molar-refractivity contribution >= 4 is 29.3 Å². The Bertz CT molecular complexity index is 953. The third kappa shape index (κ3) is 5.34. The Morgan fingerprint density at radius 2 is 1.41 bits per heavy atom. The van der Waals surface area contributed by atoms with Crippen molar-refractivity contribution in [1.82, 2.24) is 4.98 Å². The highest BCUT2D eigenvalue weighted by atomic mass is 19.1. The van der Waals surface area contributed by atoms with Gasteiger partial charge in [-0.05, 0) is 72.3 Å². The molecule has 0 saturated heterocycles. The summed E-state index contributed by atoms with van der Waals surface area (Å²) in [7, 11) is 0. The molecule has 0 spiro atoms. The van der Waals surface area contributed by atoms with Crippen LogP contribution in [0.15, 0.2) is 79.1 Å². The van der Waals surface area contributed by atoms with Crippen LogP contribution in [0.2, 0.25) is 0 Å². The van der Waals surface area contributed by atoms with E-state index in [0.29, 0.717) is 16.9 Å². The number of nitrogens with zero attached hydrogens (tertiary/aromatic N) is 1. The molecule has 5 nitrogen and oxygen atoms in total. The zero-order valence-corrected chi connectivity index (χ0v) is 14.2. The Morgan fingerprint density at radius 3 is 2.04 bits per heavy atom. The van der Waals surface area contributed by atoms with Crippen LogP contribution in [0.4, 0.5) is 15.8 Å². The van der Waals surface area contributed by atoms with Crippen molar-refractivity contribution in [2.24, 2.45) is 0 Å². The molecule has 2 aromatic carbocycles. The summed E-state index contributed by atoms with van der Waals surface area (Å²) in [5.74, 6) is -1.01. The van der Waals surface area contributed by atoms with Gasteiger partial charge < -0.3 is 10.6 Å². The summed E-state index contributed by atoms with van der Waals surface area (Å²) in [4.78, 5) is 27.9. The van der Waals surface area contributed by atoms with Gasteiger partial charge in [0, 0.05) is 35.4 Å². The summed E-state index contributed by atoms with van der Waals surface area (Å²) < 4.78 is 12.9. The molecule has 0 saturated carbocycles. The third-order valence-corrected chi connectivity index (χ3v) is 3.65. The van der Waals surface area contributed by atoms with Gasteiger partial charge in [0.05, 0.1) is 0 Å². The van der Waals surface area contributed by atoms with Crippen molar-refractivity contribution in [3.63, 3.8) is 0 Å². The SMILES string of the molecule is O=C(/C=C/c1ccncc1)Nc1ccc(NC(=O)c2ccc(F)cc2)cc1. The summed E-state index contributed by atoms with van der Waals surface area (Å²) in [6.07, 6.45) is 6.42. The average Bonchev–Trinajstić information content (AvgIpc) is 2.69. The van der Waals surface area contributed by atoms with Crippen LogP contribution in [0.5, 0.6) is 0 Å². The number of pyridine rings is 1. The second-order valence-corrected chi connectivity index (χ2v) is 5.64. The maximum Gasteiger partial charge on any atom is 0.255 e. The van der Waals surface area contributed by atoms with E-state index in [1.54, 1.807) is 54.9 Å². The van der Waals surface area contributed by atoms with E-state index in [1.807, 2.05) is 0 Å². The predicted octanol–water partition coefficient (Wildman–Crippen LogP) is 4.12. The van der Waals surface area contributed by atoms with E-state index in [9.17, 15) is 14.0 Å². The van der Waals surface area contributed by atoms with Gasteiger partial charge in [0.15, 0.2) is 0 Å². The van der Waals surface area contributed by atoms with Crippen LogP contribution >= 0.6 is 0 Å². The molecule has 1 heterocycles. The van der Waals surface area contributed by atoms with Crippen molar-refractivity contribution in [1.29, 1.82) is 0 Å². The Labute approximate surface area is 155 Å². The molecule has 0 aliphatic heterocycles. The molecule has 0 bridgehead atoms. The summed E-state index contributed by atoms with van der Waals surface area (Å²) in [6.45, 7) is 0. The largest absolute Gasteiger partial charge is 0.323 e. The van der Waals surface area contributed by atoms with Gasteiger partial charge in [0.25, 0.3) is 5.91 Å². The van der Waals surface area contributed by atoms with Crippen LogP contribution < -0.4 is 10.6 Å². The van der Waals surface area contributed by atoms with Gasteiger partial charge in [0.2, 0.25) is 5.91 Å². The number of aromatic nitrogens is 1. The molecule has 0 aliphatic rings. The maximum absolute atomic E-state index is 12.9. The maximum atomic E-state index is 12.9. The number of carbonyl (C=O) groups excluding carboxylic acids is 2. The molecule has 0 atom stereocenters. The molecule has 3 rings (SSSR count). The molecule has 0 unspecified atom stereocenters. The van der Waals surface area contributed by atoms with E-state index in [2.05, 4.69) is 15.6 Å². The minimum absolute atomic E-state index is 0.269. The average molecular weight is 361 g/mol. The number of hydrogen-bond donors (Lipinski definition) is 2. The second kappa shape index (κ2) is 8.53. The van der Waals surface area contributed by atoms with Gasteiger partial charge in [0.1, 0.15) is 5.82 Å². The number of hydrogen-bond acceptors (Lipinski definition) is 3. The first-order valence-corrected chi connectivity index (χ1v) is 8.16. The zero-order valence-electron chi connectivity index (χ0n) is 14.2. The van der Waals surface area contributed by atoms with Crippen molar-refractivity contribution in [3.8, 4) is 0 Å². The van der Waals surface area contributed by atoms with Crippen LogP contribution in [0, 0.1) is 5.82 Å². The Hall–Kier alpha value is -3.80. The Morgan fingerprint density at radius 1 is 0.815 bits per heavy atom. The molecule has 134 valence electrons. The zero-order chi connectivity index (χ0) is 19.1. The lowest BCUT2D eigenvalue weighted by molar-refractivity contribution is -0.111. The molecular formula is C21H16FN3O2. The van der Waals surface area contributed by atoms with Crippen LogP contribution in [-0.2, 0) is 4.79 Å². The lowest BCUT2D eigenvalue weighted by Gasteiger charge is -2.07. The van der Waals surface area contributed by atoms with E-state index >= 15 is 0 Å². The normalized spacial score (nSPS) is 10.6. The van der Waals surface area contributed by atoms with Crippen molar-refractivity contribution in [2.75, 3.05) is 10.6 Å². The molecule has 2 N–H and O–H groups in total. The van der Waals surface area contributed by atoms with Crippen molar-refractivity contribution in [3.05, 3.63) is 96.1 Å². The molecule has 0 fully saturated rings. The highest BCUT2D eigenvalue weighted by Crippen LogP contribution is 2.15. The standard InChI is InChI=1S/C21H16FN3O2/c22-17-4-2-16(3-5-17)21(27)25-19-8-6-18(7-9-19)24-20(26)10-1-15-11-13-23-14-12-15/h1-14H,(H,24,26)(H,25,27)/b10-1+. The number of rotatable bonds is 5. The van der Waals surface area contributed by atoms with Crippen LogP contribution in [0.25, 0.3) is 6.08 Å². The number of amides is 2. The third-order valence-electron chi connectivity index (χ3n) is 3.65. The summed E-state index contributed by atoms with van der Waals surface area (Å²) >= 11 is 0. The summed E-state index contributed by atoms with van der Waals surface area (Å²) in [5.41, 5.74) is 2.39. The van der Waals surface area contributed by atoms with E-state index in [4.69, 9.17) is 0 Å². The van der Waals surface area contributed by atoms with Crippen LogP contribution in [-0.4, -0.2) is 16.8 Å². The molecular weight excluding hydrogens is 345 g/mol. The van der Waals surface area contributed by atoms with Gasteiger partial charge >= 0.3 is 0 Å². The number of halogens is 1. The molecule has 0 radical (unpaired) electrons. The molecule has 27 heavy (non-hydrogen) atoms. The lowest BCUT2D eigenvalue weighted by atomic mass is 10.2. The van der Waals surface area contributed by atoms with E-state index in [0.717, 1.165) is 5.56 Å². The van der Waals surface area contributed by atoms with E-state index in [1.165, 1.54) is 30.3 Å². The first kappa shape index (κ1) is 18.0. The molecule has 6 heteroatoms. The van der Waals surface area contributed by atoms with Crippen molar-refractivity contribution in [2.45, 2.75) is 0 Å². The smallest absolute Gasteiger partial charge is 0.255 e. The summed E-state index contributed by atoms with van der Waals surface area (Å²) in [6, 6.07) is 15.6. The predicted molar refractivity (Wildman–Crippen MR) is 103 cm³/mol. The quantitative estimate of drug-likeness (QED) is 0.672. The van der Waals surface area contributed by atoms with Crippen LogP contribution in [0.1, 0.15) is 15.9 Å². The van der Waals surface area contributed by atoms with Gasteiger partial charge in [-0.2, -0.15) is 0 Å². The first-order chi connectivity index (χ1) is 13.1. The fourth-order valence-corrected chi connectivity index (χ4v) is 2.27. The Balaban J connectivity index is 1.56. The molecule has 3 aromatic rings. The highest BCUT2D eigenvalue weighted by Gasteiger charge is 2.06. The summed E-state index contributed by atoms with van der Waals surface area (Å²) in [5, 5.41) is 5.45. The fourth-order valence-electron chi connectivity index (χ4n) is 2.27. The first-order valence-electron chi connectivity index (χ1n) is 8.16.